The summed E-state index contributed by atoms with van der Waals surface area (Å²) in [4.78, 5) is 12.1. The number of rotatable bonds is 1. The van der Waals surface area contributed by atoms with Gasteiger partial charge in [-0.15, -0.1) is 0 Å². The molecule has 1 aliphatic heterocycles. The minimum Gasteiger partial charge on any atom is -0.367 e. The summed E-state index contributed by atoms with van der Waals surface area (Å²) in [6, 6.07) is 0. The van der Waals surface area contributed by atoms with E-state index in [0.29, 0.717) is 13.2 Å². The summed E-state index contributed by atoms with van der Waals surface area (Å²) in [6.07, 6.45) is 1.50. The lowest BCUT2D eigenvalue weighted by Crippen LogP contribution is -2.40. The van der Waals surface area contributed by atoms with Crippen LogP contribution in [0.15, 0.2) is 0 Å². The van der Waals surface area contributed by atoms with Crippen LogP contribution >= 0.6 is 0 Å². The van der Waals surface area contributed by atoms with Crippen LogP contribution < -0.4 is 0 Å². The first kappa shape index (κ1) is 6.71. The molecule has 0 aliphatic carbocycles. The van der Waals surface area contributed by atoms with E-state index in [-0.39, 0.29) is 6.10 Å². The van der Waals surface area contributed by atoms with Crippen LogP contribution in [0.1, 0.15) is 0 Å². The molecule has 1 fully saturated rings. The third kappa shape index (κ3) is 1.77. The van der Waals surface area contributed by atoms with Gasteiger partial charge in [0.25, 0.3) is 0 Å². The highest BCUT2D eigenvalue weighted by molar-refractivity contribution is 5.57. The zero-order chi connectivity index (χ0) is 6.69. The predicted octanol–water partition coefficient (Wildman–Crippen LogP) is -0.573. The quantitative estimate of drug-likeness (QED) is 0.473. The molecule has 0 bridgehead atoms. The van der Waals surface area contributed by atoms with Gasteiger partial charge in [-0.25, -0.2) is 0 Å². The number of ether oxygens (including phenoxy) is 1. The molecule has 1 heterocycles. The Hall–Kier alpha value is -0.410. The molecule has 3 nitrogen and oxygen atoms in total. The average Bonchev–Trinajstić information content (AvgIpc) is 1.88. The van der Waals surface area contributed by atoms with Gasteiger partial charge in [-0.05, 0) is 7.05 Å². The lowest BCUT2D eigenvalue weighted by molar-refractivity contribution is 0.0162. The van der Waals surface area contributed by atoms with Gasteiger partial charge in [0, 0.05) is 13.1 Å². The number of carbonyl (C=O) groups excluding carboxylic acids is 1. The van der Waals surface area contributed by atoms with Crippen molar-refractivity contribution >= 4 is 6.29 Å². The Balaban J connectivity index is 2.31. The van der Waals surface area contributed by atoms with Crippen LogP contribution in [0, 0.1) is 0 Å². The summed E-state index contributed by atoms with van der Waals surface area (Å²) in [5.41, 5.74) is 0. The number of likely N-dealkylation sites (N-methyl/N-ethyl adjacent to an activating group) is 1. The van der Waals surface area contributed by atoms with E-state index in [4.69, 9.17) is 4.74 Å². The second-order valence-electron chi connectivity index (χ2n) is 2.24. The van der Waals surface area contributed by atoms with Gasteiger partial charge >= 0.3 is 0 Å². The highest BCUT2D eigenvalue weighted by Crippen LogP contribution is 1.98. The first-order valence-corrected chi connectivity index (χ1v) is 3.01. The van der Waals surface area contributed by atoms with Gasteiger partial charge < -0.3 is 9.64 Å². The standard InChI is InChI=1S/C6H10NO2/c1-7-2-3-9-6(4-7)5-8/h6H,2-4H2,1H3. The Morgan fingerprint density at radius 3 is 3.00 bits per heavy atom. The van der Waals surface area contributed by atoms with E-state index in [9.17, 15) is 4.79 Å². The van der Waals surface area contributed by atoms with Crippen molar-refractivity contribution in [2.24, 2.45) is 0 Å². The number of hydrogen-bond donors (Lipinski definition) is 0. The molecular formula is C6H10NO2. The lowest BCUT2D eigenvalue weighted by atomic mass is 10.3. The summed E-state index contributed by atoms with van der Waals surface area (Å²) in [6.45, 7) is 2.25. The van der Waals surface area contributed by atoms with Crippen molar-refractivity contribution in [2.75, 3.05) is 26.7 Å². The zero-order valence-electron chi connectivity index (χ0n) is 5.46. The van der Waals surface area contributed by atoms with E-state index in [1.807, 2.05) is 13.3 Å². The van der Waals surface area contributed by atoms with Crippen molar-refractivity contribution in [3.63, 3.8) is 0 Å². The van der Waals surface area contributed by atoms with Crippen LogP contribution in [0.25, 0.3) is 0 Å². The maximum atomic E-state index is 10.0. The largest absolute Gasteiger partial charge is 0.367 e. The Morgan fingerprint density at radius 1 is 1.78 bits per heavy atom. The van der Waals surface area contributed by atoms with Gasteiger partial charge in [0.05, 0.1) is 6.61 Å². The zero-order valence-corrected chi connectivity index (χ0v) is 5.46. The summed E-state index contributed by atoms with van der Waals surface area (Å²) < 4.78 is 5.03. The monoisotopic (exact) mass is 128 g/mol. The molecule has 0 amide bonds. The van der Waals surface area contributed by atoms with E-state index >= 15 is 0 Å². The molecule has 9 heavy (non-hydrogen) atoms. The molecular weight excluding hydrogens is 118 g/mol. The van der Waals surface area contributed by atoms with Crippen molar-refractivity contribution in [3.05, 3.63) is 0 Å². The topological polar surface area (TPSA) is 29.5 Å². The first-order chi connectivity index (χ1) is 4.33. The van der Waals surface area contributed by atoms with Gasteiger partial charge in [0.1, 0.15) is 6.10 Å². The second kappa shape index (κ2) is 2.94. The van der Waals surface area contributed by atoms with Crippen molar-refractivity contribution in [3.8, 4) is 0 Å². The van der Waals surface area contributed by atoms with Crippen molar-refractivity contribution in [1.82, 2.24) is 4.90 Å². The van der Waals surface area contributed by atoms with Crippen LogP contribution in [0.5, 0.6) is 0 Å². The first-order valence-electron chi connectivity index (χ1n) is 3.01. The molecule has 0 aromatic heterocycles. The molecule has 1 saturated heterocycles. The number of morpholine rings is 1. The van der Waals surface area contributed by atoms with Crippen molar-refractivity contribution in [1.29, 1.82) is 0 Å². The molecule has 3 heteroatoms. The molecule has 1 unspecified atom stereocenters. The smallest absolute Gasteiger partial charge is 0.231 e. The summed E-state index contributed by atoms with van der Waals surface area (Å²) in [5, 5.41) is 0. The van der Waals surface area contributed by atoms with Crippen LogP contribution in [0.4, 0.5) is 0 Å². The molecule has 0 aromatic rings. The van der Waals surface area contributed by atoms with Gasteiger partial charge in [0.2, 0.25) is 6.29 Å². The summed E-state index contributed by atoms with van der Waals surface area (Å²) >= 11 is 0. The SMILES string of the molecule is CN1CCOC([C]=O)C1. The molecule has 1 atom stereocenters. The second-order valence-corrected chi connectivity index (χ2v) is 2.24. The highest BCUT2D eigenvalue weighted by atomic mass is 16.5. The van der Waals surface area contributed by atoms with Crippen LogP contribution in [0.2, 0.25) is 0 Å². The molecule has 0 spiro atoms. The maximum Gasteiger partial charge on any atom is 0.231 e. The van der Waals surface area contributed by atoms with E-state index in [0.717, 1.165) is 6.54 Å². The molecule has 0 saturated carbocycles. The number of hydrogen-bond acceptors (Lipinski definition) is 3. The van der Waals surface area contributed by atoms with Crippen LogP contribution in [-0.4, -0.2) is 44.0 Å². The maximum absolute atomic E-state index is 10.0. The molecule has 0 aromatic carbocycles. The highest BCUT2D eigenvalue weighted by Gasteiger charge is 2.16. The van der Waals surface area contributed by atoms with Crippen LogP contribution in [0.3, 0.4) is 0 Å². The molecule has 1 rings (SSSR count). The fraction of sp³-hybridized carbons (Fsp3) is 0.833. The van der Waals surface area contributed by atoms with Gasteiger partial charge in [-0.2, -0.15) is 0 Å². The molecule has 0 N–H and O–H groups in total. The lowest BCUT2D eigenvalue weighted by Gasteiger charge is -2.25. The van der Waals surface area contributed by atoms with Crippen molar-refractivity contribution < 1.29 is 9.53 Å². The molecule has 51 valence electrons. The number of nitrogens with zero attached hydrogens (tertiary/aromatic N) is 1. The van der Waals surface area contributed by atoms with E-state index < -0.39 is 0 Å². The van der Waals surface area contributed by atoms with Crippen molar-refractivity contribution in [2.45, 2.75) is 6.10 Å². The Morgan fingerprint density at radius 2 is 2.56 bits per heavy atom. The van der Waals surface area contributed by atoms with E-state index in [2.05, 4.69) is 4.90 Å². The van der Waals surface area contributed by atoms with Gasteiger partial charge in [-0.1, -0.05) is 0 Å². The predicted molar refractivity (Wildman–Crippen MR) is 32.9 cm³/mol. The minimum absolute atomic E-state index is 0.316. The normalized spacial score (nSPS) is 30.1. The Labute approximate surface area is 54.6 Å². The minimum atomic E-state index is -0.316. The summed E-state index contributed by atoms with van der Waals surface area (Å²) in [7, 11) is 1.97. The van der Waals surface area contributed by atoms with E-state index in [1.54, 1.807) is 0 Å². The fourth-order valence-electron chi connectivity index (χ4n) is 0.849. The fourth-order valence-corrected chi connectivity index (χ4v) is 0.849. The third-order valence-corrected chi connectivity index (χ3v) is 1.40. The average molecular weight is 128 g/mol. The summed E-state index contributed by atoms with van der Waals surface area (Å²) in [5.74, 6) is 0. The van der Waals surface area contributed by atoms with E-state index in [1.165, 1.54) is 0 Å². The Bertz CT molecular complexity index is 105. The third-order valence-electron chi connectivity index (χ3n) is 1.40. The molecule has 1 radical (unpaired) electrons. The molecule has 1 aliphatic rings. The van der Waals surface area contributed by atoms with Gasteiger partial charge in [-0.3, -0.25) is 4.79 Å². The van der Waals surface area contributed by atoms with Gasteiger partial charge in [0.15, 0.2) is 0 Å². The Kier molecular flexibility index (Phi) is 2.19. The van der Waals surface area contributed by atoms with Crippen LogP contribution in [-0.2, 0) is 9.53 Å².